The maximum Gasteiger partial charge on any atom is 0.356 e. The van der Waals surface area contributed by atoms with Gasteiger partial charge in [0.1, 0.15) is 17.2 Å². The number of hydrogen-bond donors (Lipinski definition) is 1. The molecule has 0 saturated carbocycles. The molecule has 1 aromatic carbocycles. The van der Waals surface area contributed by atoms with Gasteiger partial charge in [0.05, 0.1) is 23.9 Å². The fourth-order valence-electron chi connectivity index (χ4n) is 2.23. The Kier molecular flexibility index (Phi) is 6.48. The zero-order valence-electron chi connectivity index (χ0n) is 13.8. The number of allylic oxidation sites excluding steroid dienone is 1. The van der Waals surface area contributed by atoms with Crippen molar-refractivity contribution >= 4 is 45.0 Å². The molecule has 1 unspecified atom stereocenters. The van der Waals surface area contributed by atoms with Gasteiger partial charge in [-0.05, 0) is 19.1 Å². The van der Waals surface area contributed by atoms with Crippen molar-refractivity contribution in [2.75, 3.05) is 12.9 Å². The van der Waals surface area contributed by atoms with Gasteiger partial charge in [0, 0.05) is 17.0 Å². The van der Waals surface area contributed by atoms with Crippen molar-refractivity contribution in [1.29, 1.82) is 0 Å². The minimum Gasteiger partial charge on any atom is -0.461 e. The second kappa shape index (κ2) is 8.24. The summed E-state index contributed by atoms with van der Waals surface area (Å²) in [5.41, 5.74) is -0.0272. The molecular formula is C15H15Cl2FN2O5S. The average molecular weight is 425 g/mol. The molecule has 1 N–H and O–H groups in total. The number of carbonyl (C=O) groups is 1. The monoisotopic (exact) mass is 424 g/mol. The zero-order chi connectivity index (χ0) is 19.5. The van der Waals surface area contributed by atoms with Gasteiger partial charge in [0.2, 0.25) is 0 Å². The highest BCUT2D eigenvalue weighted by Crippen LogP contribution is 2.31. The third kappa shape index (κ3) is 5.09. The highest BCUT2D eigenvalue weighted by molar-refractivity contribution is 7.85. The Balaban J connectivity index is 2.47. The first kappa shape index (κ1) is 20.5. The predicted octanol–water partition coefficient (Wildman–Crippen LogP) is 2.86. The molecule has 1 aromatic rings. The Morgan fingerprint density at radius 1 is 1.42 bits per heavy atom. The van der Waals surface area contributed by atoms with E-state index in [0.29, 0.717) is 0 Å². The van der Waals surface area contributed by atoms with Gasteiger partial charge in [0.25, 0.3) is 0 Å². The first-order valence-corrected chi connectivity index (χ1v) is 9.94. The number of hydrogen-bond acceptors (Lipinski definition) is 7. The summed E-state index contributed by atoms with van der Waals surface area (Å²) in [5, 5.41) is 6.32. The van der Waals surface area contributed by atoms with Gasteiger partial charge in [0.15, 0.2) is 0 Å². The van der Waals surface area contributed by atoms with E-state index in [1.165, 1.54) is 12.1 Å². The molecule has 0 saturated heterocycles. The van der Waals surface area contributed by atoms with E-state index >= 15 is 0 Å². The Hall–Kier alpha value is -1.84. The Morgan fingerprint density at radius 3 is 2.69 bits per heavy atom. The lowest BCUT2D eigenvalue weighted by Crippen LogP contribution is -2.35. The molecule has 1 atom stereocenters. The summed E-state index contributed by atoms with van der Waals surface area (Å²) in [4.78, 5) is 12.1. The van der Waals surface area contributed by atoms with E-state index in [1.54, 1.807) is 6.92 Å². The molecule has 11 heteroatoms. The second-order valence-electron chi connectivity index (χ2n) is 5.29. The van der Waals surface area contributed by atoms with Crippen LogP contribution < -0.4 is 5.32 Å². The third-order valence-corrected chi connectivity index (χ3v) is 4.28. The number of carbonyl (C=O) groups excluding carboxylic acids is 1. The first-order valence-electron chi connectivity index (χ1n) is 7.36. The molecule has 0 aliphatic carbocycles. The van der Waals surface area contributed by atoms with Crippen molar-refractivity contribution in [3.63, 3.8) is 0 Å². The van der Waals surface area contributed by atoms with Crippen LogP contribution in [0.25, 0.3) is 0 Å². The molecule has 0 bridgehead atoms. The van der Waals surface area contributed by atoms with Crippen molar-refractivity contribution in [2.45, 2.75) is 19.4 Å². The molecule has 0 aromatic heterocycles. The summed E-state index contributed by atoms with van der Waals surface area (Å²) in [6.45, 7) is 1.69. The average Bonchev–Trinajstić information content (AvgIpc) is 2.53. The standard InChI is InChI=1S/C15H15Cl2FN2O5S/c1-3-24-15(21)14-13(17)12(20-25-26(2,22)23)7-11(19-14)9-5-4-8(16)6-10(9)18/h4-6,11,19H,3,7H2,1-2H3/b20-12+. The Bertz CT molecular complexity index is 886. The Labute approximate surface area is 159 Å². The van der Waals surface area contributed by atoms with E-state index in [9.17, 15) is 17.6 Å². The topological polar surface area (TPSA) is 94.1 Å². The van der Waals surface area contributed by atoms with Crippen LogP contribution in [0.1, 0.15) is 24.9 Å². The number of benzene rings is 1. The largest absolute Gasteiger partial charge is 0.461 e. The molecule has 0 fully saturated rings. The van der Waals surface area contributed by atoms with Crippen LogP contribution in [0.4, 0.5) is 4.39 Å². The number of nitrogens with one attached hydrogen (secondary N) is 1. The van der Waals surface area contributed by atoms with Crippen LogP contribution in [-0.2, 0) is 23.9 Å². The number of rotatable bonds is 5. The number of nitrogens with zero attached hydrogens (tertiary/aromatic N) is 1. The van der Waals surface area contributed by atoms with Crippen molar-refractivity contribution in [3.8, 4) is 0 Å². The number of ether oxygens (including phenoxy) is 1. The fourth-order valence-corrected chi connectivity index (χ4v) is 2.86. The lowest BCUT2D eigenvalue weighted by molar-refractivity contribution is -0.139. The molecule has 1 heterocycles. The zero-order valence-corrected chi connectivity index (χ0v) is 16.1. The quantitative estimate of drug-likeness (QED) is 0.576. The van der Waals surface area contributed by atoms with Gasteiger partial charge in [-0.3, -0.25) is 4.28 Å². The summed E-state index contributed by atoms with van der Waals surface area (Å²) in [5.74, 6) is -1.40. The molecule has 142 valence electrons. The van der Waals surface area contributed by atoms with Gasteiger partial charge >= 0.3 is 16.1 Å². The van der Waals surface area contributed by atoms with Gasteiger partial charge in [-0.25, -0.2) is 9.18 Å². The fraction of sp³-hybridized carbons (Fsp3) is 0.333. The van der Waals surface area contributed by atoms with Crippen molar-refractivity contribution in [2.24, 2.45) is 5.16 Å². The van der Waals surface area contributed by atoms with E-state index in [2.05, 4.69) is 14.8 Å². The minimum absolute atomic E-state index is 0.0319. The smallest absolute Gasteiger partial charge is 0.356 e. The molecule has 0 spiro atoms. The van der Waals surface area contributed by atoms with Crippen LogP contribution >= 0.6 is 23.2 Å². The highest BCUT2D eigenvalue weighted by atomic mass is 35.5. The van der Waals surface area contributed by atoms with E-state index < -0.39 is 27.9 Å². The Morgan fingerprint density at radius 2 is 2.12 bits per heavy atom. The SMILES string of the molecule is CCOC(=O)C1=C(Cl)/C(=N/OS(C)(=O)=O)CC(c2ccc(Cl)cc2F)N1. The van der Waals surface area contributed by atoms with Crippen LogP contribution in [0.2, 0.25) is 5.02 Å². The number of halogens is 3. The highest BCUT2D eigenvalue weighted by Gasteiger charge is 2.32. The molecule has 2 rings (SSSR count). The first-order chi connectivity index (χ1) is 12.1. The summed E-state index contributed by atoms with van der Waals surface area (Å²) < 4.78 is 45.9. The van der Waals surface area contributed by atoms with Crippen molar-refractivity contribution < 1.29 is 26.6 Å². The summed E-state index contributed by atoms with van der Waals surface area (Å²) in [7, 11) is -3.89. The van der Waals surface area contributed by atoms with Gasteiger partial charge < -0.3 is 10.1 Å². The van der Waals surface area contributed by atoms with Crippen LogP contribution in [0, 0.1) is 5.82 Å². The summed E-state index contributed by atoms with van der Waals surface area (Å²) in [6.07, 6.45) is 0.772. The molecule has 7 nitrogen and oxygen atoms in total. The lowest BCUT2D eigenvalue weighted by Gasteiger charge is -2.27. The van der Waals surface area contributed by atoms with E-state index in [4.69, 9.17) is 27.9 Å². The summed E-state index contributed by atoms with van der Waals surface area (Å²) in [6, 6.07) is 3.27. The van der Waals surface area contributed by atoms with Gasteiger partial charge in [-0.15, -0.1) is 0 Å². The number of oxime groups is 1. The molecule has 26 heavy (non-hydrogen) atoms. The summed E-state index contributed by atoms with van der Waals surface area (Å²) >= 11 is 11.9. The molecule has 1 aliphatic rings. The maximum absolute atomic E-state index is 14.3. The van der Waals surface area contributed by atoms with Gasteiger partial charge in [-0.1, -0.05) is 34.4 Å². The van der Waals surface area contributed by atoms with Crippen LogP contribution in [-0.4, -0.2) is 33.0 Å². The van der Waals surface area contributed by atoms with Crippen molar-refractivity contribution in [1.82, 2.24) is 5.32 Å². The normalized spacial score (nSPS) is 19.3. The van der Waals surface area contributed by atoms with Crippen LogP contribution in [0.3, 0.4) is 0 Å². The molecule has 1 aliphatic heterocycles. The lowest BCUT2D eigenvalue weighted by atomic mass is 9.96. The van der Waals surface area contributed by atoms with Gasteiger partial charge in [-0.2, -0.15) is 8.42 Å². The number of esters is 1. The maximum atomic E-state index is 14.3. The third-order valence-electron chi connectivity index (χ3n) is 3.29. The minimum atomic E-state index is -3.89. The van der Waals surface area contributed by atoms with Crippen LogP contribution in [0.5, 0.6) is 0 Å². The van der Waals surface area contributed by atoms with E-state index in [1.807, 2.05) is 0 Å². The predicted molar refractivity (Wildman–Crippen MR) is 94.8 cm³/mol. The van der Waals surface area contributed by atoms with Crippen molar-refractivity contribution in [3.05, 3.63) is 45.3 Å². The van der Waals surface area contributed by atoms with Crippen LogP contribution in [0.15, 0.2) is 34.1 Å². The molecular weight excluding hydrogens is 410 g/mol. The molecule has 0 amide bonds. The molecule has 0 radical (unpaired) electrons. The second-order valence-corrected chi connectivity index (χ2v) is 7.66. The van der Waals surface area contributed by atoms with E-state index in [0.717, 1.165) is 12.3 Å². The van der Waals surface area contributed by atoms with E-state index in [-0.39, 0.29) is 40.1 Å².